The van der Waals surface area contributed by atoms with Crippen molar-refractivity contribution < 1.29 is 4.79 Å². The minimum Gasteiger partial charge on any atom is -0.341 e. The lowest BCUT2D eigenvalue weighted by Gasteiger charge is -2.31. The Labute approximate surface area is 154 Å². The van der Waals surface area contributed by atoms with Gasteiger partial charge in [-0.15, -0.1) is 11.3 Å². The van der Waals surface area contributed by atoms with Gasteiger partial charge in [0, 0.05) is 24.8 Å². The normalized spacial score (nSPS) is 21.2. The first-order chi connectivity index (χ1) is 11.8. The highest BCUT2D eigenvalue weighted by Gasteiger charge is 2.27. The third-order valence-electron chi connectivity index (χ3n) is 4.31. The Hall–Kier alpha value is -1.05. The van der Waals surface area contributed by atoms with Crippen molar-refractivity contribution in [2.24, 2.45) is 4.99 Å². The van der Waals surface area contributed by atoms with Crippen molar-refractivity contribution in [3.8, 4) is 0 Å². The lowest BCUT2D eigenvalue weighted by molar-refractivity contribution is -0.129. The molecule has 1 aromatic carbocycles. The molecule has 1 atom stereocenters. The number of carbonyl (C=O) groups excluding carboxylic acids is 1. The highest BCUT2D eigenvalue weighted by atomic mass is 32.2. The molecule has 0 saturated carbocycles. The van der Waals surface area contributed by atoms with E-state index in [-0.39, 0.29) is 5.91 Å². The van der Waals surface area contributed by atoms with E-state index in [0.717, 1.165) is 48.1 Å². The van der Waals surface area contributed by atoms with Crippen LogP contribution in [0.25, 0.3) is 10.2 Å². The molecule has 4 rings (SSSR count). The van der Waals surface area contributed by atoms with E-state index in [2.05, 4.69) is 23.2 Å². The molecule has 0 spiro atoms. The van der Waals surface area contributed by atoms with Crippen LogP contribution in [0.5, 0.6) is 0 Å². The molecule has 1 fully saturated rings. The van der Waals surface area contributed by atoms with Crippen LogP contribution in [-0.4, -0.2) is 51.3 Å². The summed E-state index contributed by atoms with van der Waals surface area (Å²) in [6.07, 6.45) is 2.19. The second-order valence-corrected chi connectivity index (χ2v) is 9.35. The third kappa shape index (κ3) is 3.63. The van der Waals surface area contributed by atoms with Gasteiger partial charge in [0.1, 0.15) is 4.38 Å². The van der Waals surface area contributed by atoms with E-state index in [1.165, 1.54) is 9.71 Å². The molecule has 1 aromatic heterocycles. The summed E-state index contributed by atoms with van der Waals surface area (Å²) in [6.45, 7) is 2.57. The second kappa shape index (κ2) is 7.45. The van der Waals surface area contributed by atoms with Crippen LogP contribution in [0.15, 0.2) is 29.3 Å². The molecule has 0 unspecified atom stereocenters. The molecule has 24 heavy (non-hydrogen) atoms. The quantitative estimate of drug-likeness (QED) is 0.815. The van der Waals surface area contributed by atoms with Gasteiger partial charge in [0.25, 0.3) is 0 Å². The molecule has 0 aliphatic carbocycles. The molecular formula is C17H19N3OS3. The Bertz CT molecular complexity index is 740. The van der Waals surface area contributed by atoms with Crippen LogP contribution in [0.1, 0.15) is 23.8 Å². The zero-order chi connectivity index (χ0) is 16.4. The molecule has 4 nitrogen and oxygen atoms in total. The predicted molar refractivity (Wildman–Crippen MR) is 105 cm³/mol. The van der Waals surface area contributed by atoms with E-state index in [4.69, 9.17) is 4.98 Å². The van der Waals surface area contributed by atoms with Crippen molar-refractivity contribution in [2.75, 3.05) is 31.1 Å². The number of thiazole rings is 1. The van der Waals surface area contributed by atoms with E-state index in [0.29, 0.717) is 11.7 Å². The Morgan fingerprint density at radius 3 is 3.12 bits per heavy atom. The number of aromatic nitrogens is 1. The summed E-state index contributed by atoms with van der Waals surface area (Å²) in [5, 5.41) is 1.18. The summed E-state index contributed by atoms with van der Waals surface area (Å²) in [7, 11) is 0. The minimum atomic E-state index is 0.237. The third-order valence-corrected chi connectivity index (χ3v) is 7.75. The highest BCUT2D eigenvalue weighted by Crippen LogP contribution is 2.33. The highest BCUT2D eigenvalue weighted by molar-refractivity contribution is 8.39. The lowest BCUT2D eigenvalue weighted by atomic mass is 9.99. The van der Waals surface area contributed by atoms with Crippen molar-refractivity contribution in [3.63, 3.8) is 0 Å². The van der Waals surface area contributed by atoms with E-state index >= 15 is 0 Å². The van der Waals surface area contributed by atoms with Crippen LogP contribution in [0.2, 0.25) is 0 Å². The Kier molecular flexibility index (Phi) is 5.10. The fourth-order valence-electron chi connectivity index (χ4n) is 3.09. The number of thioether (sulfide) groups is 2. The first-order valence-electron chi connectivity index (χ1n) is 8.23. The zero-order valence-corrected chi connectivity index (χ0v) is 15.8. The first kappa shape index (κ1) is 16.4. The minimum absolute atomic E-state index is 0.237. The summed E-state index contributed by atoms with van der Waals surface area (Å²) >= 11 is 5.13. The maximum atomic E-state index is 12.5. The fourth-order valence-corrected chi connectivity index (χ4v) is 6.09. The number of rotatable bonds is 3. The number of benzene rings is 1. The molecule has 126 valence electrons. The Morgan fingerprint density at radius 1 is 1.38 bits per heavy atom. The summed E-state index contributed by atoms with van der Waals surface area (Å²) < 4.78 is 2.31. The van der Waals surface area contributed by atoms with Gasteiger partial charge in [-0.2, -0.15) is 0 Å². The van der Waals surface area contributed by atoms with Crippen LogP contribution in [0.4, 0.5) is 0 Å². The number of piperidine rings is 1. The van der Waals surface area contributed by atoms with Crippen LogP contribution < -0.4 is 0 Å². The van der Waals surface area contributed by atoms with Crippen molar-refractivity contribution in [1.29, 1.82) is 0 Å². The maximum Gasteiger partial charge on any atom is 0.233 e. The molecule has 1 amide bonds. The number of carbonyl (C=O) groups is 1. The number of aliphatic imine (C=N–C) groups is 1. The van der Waals surface area contributed by atoms with Gasteiger partial charge in [0.2, 0.25) is 5.91 Å². The number of fused-ring (bicyclic) bond motifs is 1. The Balaban J connectivity index is 1.40. The zero-order valence-electron chi connectivity index (χ0n) is 13.3. The van der Waals surface area contributed by atoms with Gasteiger partial charge in [-0.25, -0.2) is 4.98 Å². The number of likely N-dealkylation sites (tertiary alicyclic amines) is 1. The van der Waals surface area contributed by atoms with Gasteiger partial charge >= 0.3 is 0 Å². The monoisotopic (exact) mass is 377 g/mol. The maximum absolute atomic E-state index is 12.5. The molecule has 7 heteroatoms. The lowest BCUT2D eigenvalue weighted by Crippen LogP contribution is -2.40. The fraction of sp³-hybridized carbons (Fsp3) is 0.471. The largest absolute Gasteiger partial charge is 0.341 e. The number of hydrogen-bond acceptors (Lipinski definition) is 6. The SMILES string of the molecule is O=C(CSC1=NCCS1)N1CCC[C@@H](c2nc3ccccc3s2)C1. The van der Waals surface area contributed by atoms with Crippen molar-refractivity contribution in [2.45, 2.75) is 18.8 Å². The molecule has 0 radical (unpaired) electrons. The number of para-hydroxylation sites is 1. The van der Waals surface area contributed by atoms with Crippen molar-refractivity contribution in [1.82, 2.24) is 9.88 Å². The summed E-state index contributed by atoms with van der Waals surface area (Å²) in [4.78, 5) is 23.7. The van der Waals surface area contributed by atoms with Gasteiger partial charge in [-0.05, 0) is 25.0 Å². The van der Waals surface area contributed by atoms with E-state index in [1.54, 1.807) is 34.9 Å². The topological polar surface area (TPSA) is 45.6 Å². The van der Waals surface area contributed by atoms with Gasteiger partial charge < -0.3 is 4.90 Å². The van der Waals surface area contributed by atoms with Gasteiger partial charge in [0.05, 0.1) is 27.5 Å². The summed E-state index contributed by atoms with van der Waals surface area (Å²) in [5.41, 5.74) is 1.08. The van der Waals surface area contributed by atoms with Crippen molar-refractivity contribution in [3.05, 3.63) is 29.3 Å². The number of nitrogens with zero attached hydrogens (tertiary/aromatic N) is 3. The average molecular weight is 378 g/mol. The van der Waals surface area contributed by atoms with Gasteiger partial charge in [-0.3, -0.25) is 9.79 Å². The van der Waals surface area contributed by atoms with Crippen LogP contribution in [0.3, 0.4) is 0 Å². The first-order valence-corrected chi connectivity index (χ1v) is 11.0. The second-order valence-electron chi connectivity index (χ2n) is 5.98. The van der Waals surface area contributed by atoms with Crippen molar-refractivity contribution >= 4 is 55.4 Å². The molecular weight excluding hydrogens is 358 g/mol. The van der Waals surface area contributed by atoms with Crippen LogP contribution in [-0.2, 0) is 4.79 Å². The van der Waals surface area contributed by atoms with E-state index in [1.807, 2.05) is 11.0 Å². The molecule has 0 bridgehead atoms. The predicted octanol–water partition coefficient (Wildman–Crippen LogP) is 3.84. The van der Waals surface area contributed by atoms with E-state index < -0.39 is 0 Å². The number of hydrogen-bond donors (Lipinski definition) is 0. The standard InChI is InChI=1S/C17H19N3OS3/c21-15(11-23-17-18-7-9-22-17)20-8-3-4-12(10-20)16-19-13-5-1-2-6-14(13)24-16/h1-2,5-6,12H,3-4,7-11H2/t12-/m1/s1. The van der Waals surface area contributed by atoms with Crippen LogP contribution in [0, 0.1) is 0 Å². The summed E-state index contributed by atoms with van der Waals surface area (Å²) in [5.74, 6) is 2.18. The van der Waals surface area contributed by atoms with Gasteiger partial charge in [0.15, 0.2) is 0 Å². The number of amides is 1. The van der Waals surface area contributed by atoms with Crippen LogP contribution >= 0.6 is 34.9 Å². The molecule has 0 N–H and O–H groups in total. The molecule has 2 aromatic rings. The van der Waals surface area contributed by atoms with Gasteiger partial charge in [-0.1, -0.05) is 35.7 Å². The smallest absolute Gasteiger partial charge is 0.233 e. The molecule has 1 saturated heterocycles. The molecule has 2 aliphatic rings. The van der Waals surface area contributed by atoms with E-state index in [9.17, 15) is 4.79 Å². The Morgan fingerprint density at radius 2 is 2.29 bits per heavy atom. The molecule has 3 heterocycles. The molecule has 2 aliphatic heterocycles. The summed E-state index contributed by atoms with van der Waals surface area (Å²) in [6, 6.07) is 8.28. The average Bonchev–Trinajstić information content (AvgIpc) is 3.29.